The summed E-state index contributed by atoms with van der Waals surface area (Å²) >= 11 is 0. The summed E-state index contributed by atoms with van der Waals surface area (Å²) in [4.78, 5) is 16.5. The van der Waals surface area contributed by atoms with Gasteiger partial charge in [-0.05, 0) is 68.0 Å². The number of anilines is 1. The van der Waals surface area contributed by atoms with Gasteiger partial charge >= 0.3 is 0 Å². The molecule has 1 atom stereocenters. The van der Waals surface area contributed by atoms with Crippen LogP contribution < -0.4 is 10.1 Å². The van der Waals surface area contributed by atoms with Crippen LogP contribution in [0.25, 0.3) is 0 Å². The van der Waals surface area contributed by atoms with Crippen molar-refractivity contribution in [3.05, 3.63) is 53.9 Å². The lowest BCUT2D eigenvalue weighted by atomic mass is 9.78. The quantitative estimate of drug-likeness (QED) is 0.555. The average Bonchev–Trinajstić information content (AvgIpc) is 2.82. The molecule has 0 saturated heterocycles. The van der Waals surface area contributed by atoms with Crippen LogP contribution in [0.5, 0.6) is 5.75 Å². The normalized spacial score (nSPS) is 20.0. The molecule has 1 fully saturated rings. The van der Waals surface area contributed by atoms with Gasteiger partial charge in [-0.3, -0.25) is 9.78 Å². The SMILES string of the molecule is CC.CC.CC1(CC2CCCCC2)CCc2cc(C(=O)Nc3ccncc3)ccc2O1. The number of fused-ring (bicyclic) bond motifs is 1. The molecule has 31 heavy (non-hydrogen) atoms. The third kappa shape index (κ3) is 7.09. The summed E-state index contributed by atoms with van der Waals surface area (Å²) in [5, 5.41) is 2.92. The Morgan fingerprint density at radius 1 is 1.06 bits per heavy atom. The van der Waals surface area contributed by atoms with Gasteiger partial charge in [-0.15, -0.1) is 0 Å². The van der Waals surface area contributed by atoms with E-state index in [4.69, 9.17) is 4.74 Å². The van der Waals surface area contributed by atoms with Crippen LogP contribution in [-0.4, -0.2) is 16.5 Å². The molecule has 1 saturated carbocycles. The van der Waals surface area contributed by atoms with E-state index in [1.807, 2.05) is 45.9 Å². The largest absolute Gasteiger partial charge is 0.487 e. The van der Waals surface area contributed by atoms with Gasteiger partial charge in [0.25, 0.3) is 5.91 Å². The molecule has 0 bridgehead atoms. The highest BCUT2D eigenvalue weighted by Crippen LogP contribution is 2.40. The maximum Gasteiger partial charge on any atom is 0.255 e. The van der Waals surface area contributed by atoms with Crippen LogP contribution in [-0.2, 0) is 6.42 Å². The first-order valence-corrected chi connectivity index (χ1v) is 12.1. The summed E-state index contributed by atoms with van der Waals surface area (Å²) < 4.78 is 6.44. The lowest BCUT2D eigenvalue weighted by Gasteiger charge is -2.39. The van der Waals surface area contributed by atoms with Crippen LogP contribution in [0.3, 0.4) is 0 Å². The van der Waals surface area contributed by atoms with Gasteiger partial charge in [-0.1, -0.05) is 59.8 Å². The van der Waals surface area contributed by atoms with Crippen LogP contribution in [0.1, 0.15) is 95.5 Å². The first kappa shape index (κ1) is 24.9. The molecule has 0 spiro atoms. The number of ether oxygens (including phenoxy) is 1. The van der Waals surface area contributed by atoms with E-state index in [-0.39, 0.29) is 11.5 Å². The van der Waals surface area contributed by atoms with Crippen LogP contribution in [0.2, 0.25) is 0 Å². The molecular formula is C27H40N2O2. The highest BCUT2D eigenvalue weighted by atomic mass is 16.5. The molecule has 1 N–H and O–H groups in total. The number of hydrogen-bond acceptors (Lipinski definition) is 3. The summed E-state index contributed by atoms with van der Waals surface area (Å²) in [6.45, 7) is 10.3. The van der Waals surface area contributed by atoms with Gasteiger partial charge in [-0.2, -0.15) is 0 Å². The van der Waals surface area contributed by atoms with Crippen LogP contribution in [0.4, 0.5) is 5.69 Å². The molecule has 1 aliphatic carbocycles. The maximum atomic E-state index is 12.5. The number of aryl methyl sites for hydroxylation is 1. The van der Waals surface area contributed by atoms with Gasteiger partial charge in [-0.25, -0.2) is 0 Å². The van der Waals surface area contributed by atoms with Crippen molar-refractivity contribution in [1.29, 1.82) is 0 Å². The lowest BCUT2D eigenvalue weighted by molar-refractivity contribution is 0.0333. The van der Waals surface area contributed by atoms with Crippen molar-refractivity contribution < 1.29 is 9.53 Å². The minimum atomic E-state index is -0.0976. The molecule has 1 aromatic heterocycles. The number of aromatic nitrogens is 1. The molecule has 1 amide bonds. The van der Waals surface area contributed by atoms with Crippen molar-refractivity contribution in [2.75, 3.05) is 5.32 Å². The second-order valence-corrected chi connectivity index (χ2v) is 8.27. The van der Waals surface area contributed by atoms with Crippen molar-refractivity contribution in [2.24, 2.45) is 5.92 Å². The first-order chi connectivity index (χ1) is 15.1. The number of nitrogens with zero attached hydrogens (tertiary/aromatic N) is 1. The molecule has 4 heteroatoms. The Hall–Kier alpha value is -2.36. The molecule has 2 heterocycles. The molecule has 0 radical (unpaired) electrons. The summed E-state index contributed by atoms with van der Waals surface area (Å²) in [7, 11) is 0. The third-order valence-corrected chi connectivity index (χ3v) is 5.99. The maximum absolute atomic E-state index is 12.5. The average molecular weight is 425 g/mol. The number of carbonyl (C=O) groups excluding carboxylic acids is 1. The fraction of sp³-hybridized carbons (Fsp3) is 0.556. The highest BCUT2D eigenvalue weighted by molar-refractivity contribution is 6.04. The number of carbonyl (C=O) groups is 1. The molecule has 4 rings (SSSR count). The van der Waals surface area contributed by atoms with Gasteiger partial charge < -0.3 is 10.1 Å². The summed E-state index contributed by atoms with van der Waals surface area (Å²) in [5.41, 5.74) is 2.49. The van der Waals surface area contributed by atoms with Crippen molar-refractivity contribution in [3.63, 3.8) is 0 Å². The zero-order chi connectivity index (χ0) is 22.7. The molecule has 1 aromatic carbocycles. The number of pyridine rings is 1. The van der Waals surface area contributed by atoms with E-state index in [0.717, 1.165) is 42.2 Å². The van der Waals surface area contributed by atoms with E-state index in [1.54, 1.807) is 24.5 Å². The molecule has 2 aromatic rings. The molecule has 1 aliphatic heterocycles. The summed E-state index contributed by atoms with van der Waals surface area (Å²) in [5.74, 6) is 1.65. The van der Waals surface area contributed by atoms with Crippen molar-refractivity contribution in [3.8, 4) is 5.75 Å². The van der Waals surface area contributed by atoms with Crippen LogP contribution in [0.15, 0.2) is 42.7 Å². The second-order valence-electron chi connectivity index (χ2n) is 8.27. The molecule has 170 valence electrons. The van der Waals surface area contributed by atoms with E-state index in [1.165, 1.54) is 32.1 Å². The Labute approximate surface area is 188 Å². The van der Waals surface area contributed by atoms with E-state index >= 15 is 0 Å². The lowest BCUT2D eigenvalue weighted by Crippen LogP contribution is -2.38. The minimum absolute atomic E-state index is 0.0736. The van der Waals surface area contributed by atoms with Gasteiger partial charge in [0.1, 0.15) is 11.4 Å². The molecule has 1 unspecified atom stereocenters. The molecular weight excluding hydrogens is 384 g/mol. The predicted molar refractivity (Wildman–Crippen MR) is 130 cm³/mol. The molecule has 4 nitrogen and oxygen atoms in total. The van der Waals surface area contributed by atoms with Gasteiger partial charge in [0, 0.05) is 23.6 Å². The van der Waals surface area contributed by atoms with Gasteiger partial charge in [0.15, 0.2) is 0 Å². The number of hydrogen-bond donors (Lipinski definition) is 1. The summed E-state index contributed by atoms with van der Waals surface area (Å²) in [6.07, 6.45) is 13.3. The Balaban J connectivity index is 0.000000807. The van der Waals surface area contributed by atoms with E-state index in [9.17, 15) is 4.79 Å². The second kappa shape index (κ2) is 12.5. The van der Waals surface area contributed by atoms with Crippen molar-refractivity contribution in [1.82, 2.24) is 4.98 Å². The van der Waals surface area contributed by atoms with Crippen LogP contribution >= 0.6 is 0 Å². The minimum Gasteiger partial charge on any atom is -0.487 e. The number of rotatable bonds is 4. The Bertz CT molecular complexity index is 800. The monoisotopic (exact) mass is 424 g/mol. The van der Waals surface area contributed by atoms with E-state index < -0.39 is 0 Å². The Morgan fingerprint density at radius 2 is 1.74 bits per heavy atom. The predicted octanol–water partition coefficient (Wildman–Crippen LogP) is 7.44. The van der Waals surface area contributed by atoms with Gasteiger partial charge in [0.05, 0.1) is 0 Å². The Morgan fingerprint density at radius 3 is 2.42 bits per heavy atom. The van der Waals surface area contributed by atoms with Crippen LogP contribution in [0, 0.1) is 5.92 Å². The van der Waals surface area contributed by atoms with E-state index in [2.05, 4.69) is 17.2 Å². The first-order valence-electron chi connectivity index (χ1n) is 12.1. The third-order valence-electron chi connectivity index (χ3n) is 5.99. The Kier molecular flexibility index (Phi) is 10.0. The fourth-order valence-corrected chi connectivity index (χ4v) is 4.52. The smallest absolute Gasteiger partial charge is 0.255 e. The zero-order valence-electron chi connectivity index (χ0n) is 20.0. The van der Waals surface area contributed by atoms with E-state index in [0.29, 0.717) is 5.56 Å². The zero-order valence-corrected chi connectivity index (χ0v) is 20.0. The standard InChI is InChI=1S/C23H28N2O2.2C2H6/c1-23(16-17-5-3-2-4-6-17)12-9-18-15-19(7-8-21(18)27-23)22(26)25-20-10-13-24-14-11-20;2*1-2/h7-8,10-11,13-15,17H,2-6,9,12,16H2,1H3,(H,24,25,26);2*1-2H3. The molecule has 2 aliphatic rings. The summed E-state index contributed by atoms with van der Waals surface area (Å²) in [6, 6.07) is 9.38. The van der Waals surface area contributed by atoms with Gasteiger partial charge in [0.2, 0.25) is 0 Å². The van der Waals surface area contributed by atoms with Crippen molar-refractivity contribution >= 4 is 11.6 Å². The number of amides is 1. The number of benzene rings is 1. The fourth-order valence-electron chi connectivity index (χ4n) is 4.52. The topological polar surface area (TPSA) is 51.2 Å². The number of nitrogens with one attached hydrogen (secondary N) is 1. The highest BCUT2D eigenvalue weighted by Gasteiger charge is 2.34. The van der Waals surface area contributed by atoms with Crippen molar-refractivity contribution in [2.45, 2.75) is 91.6 Å².